The van der Waals surface area contributed by atoms with Crippen LogP contribution >= 0.6 is 11.8 Å². The van der Waals surface area contributed by atoms with Gasteiger partial charge in [0.2, 0.25) is 0 Å². The molecule has 0 amide bonds. The van der Waals surface area contributed by atoms with Gasteiger partial charge in [0, 0.05) is 17.5 Å². The summed E-state index contributed by atoms with van der Waals surface area (Å²) < 4.78 is 0. The molecule has 0 aliphatic carbocycles. The first-order valence-electron chi connectivity index (χ1n) is 3.86. The van der Waals surface area contributed by atoms with Crippen LogP contribution in [0.5, 0.6) is 0 Å². The van der Waals surface area contributed by atoms with Crippen LogP contribution in [0, 0.1) is 0 Å². The van der Waals surface area contributed by atoms with E-state index in [1.54, 1.807) is 0 Å². The van der Waals surface area contributed by atoms with Crippen molar-refractivity contribution in [3.8, 4) is 0 Å². The first-order chi connectivity index (χ1) is 4.93. The molecule has 1 aliphatic rings. The Hall–Kier alpha value is 0.0500. The number of piperidine rings is 1. The molecule has 0 radical (unpaired) electrons. The molecule has 0 aromatic rings. The predicted molar refractivity (Wildman–Crippen MR) is 48.5 cm³/mol. The maximum atomic E-state index is 3.70. The fourth-order valence-electron chi connectivity index (χ4n) is 1.17. The van der Waals surface area contributed by atoms with Gasteiger partial charge in [-0.3, -0.25) is 0 Å². The third kappa shape index (κ3) is 2.76. The van der Waals surface area contributed by atoms with Crippen molar-refractivity contribution in [2.45, 2.75) is 18.1 Å². The van der Waals surface area contributed by atoms with Crippen LogP contribution in [0.3, 0.4) is 0 Å². The summed E-state index contributed by atoms with van der Waals surface area (Å²) in [6.45, 7) is 6.11. The Bertz CT molecular complexity index is 97.4. The standard InChI is InChI=1S/C8H15NS/c1-2-6-10-8-4-3-5-9-7-8/h2,8-9H,1,3-7H2. The van der Waals surface area contributed by atoms with Crippen LogP contribution in [0.15, 0.2) is 12.7 Å². The number of hydrogen-bond donors (Lipinski definition) is 1. The van der Waals surface area contributed by atoms with E-state index in [9.17, 15) is 0 Å². The quantitative estimate of drug-likeness (QED) is 0.625. The molecular weight excluding hydrogens is 142 g/mol. The lowest BCUT2D eigenvalue weighted by molar-refractivity contribution is 0.531. The first kappa shape index (κ1) is 8.15. The smallest absolute Gasteiger partial charge is 0.0176 e. The van der Waals surface area contributed by atoms with Gasteiger partial charge >= 0.3 is 0 Å². The van der Waals surface area contributed by atoms with Gasteiger partial charge in [0.1, 0.15) is 0 Å². The van der Waals surface area contributed by atoms with E-state index in [0.717, 1.165) is 11.0 Å². The van der Waals surface area contributed by atoms with Crippen molar-refractivity contribution < 1.29 is 0 Å². The highest BCUT2D eigenvalue weighted by Gasteiger charge is 2.11. The van der Waals surface area contributed by atoms with E-state index in [1.807, 2.05) is 17.8 Å². The Morgan fingerprint density at radius 1 is 1.70 bits per heavy atom. The van der Waals surface area contributed by atoms with Gasteiger partial charge in [-0.2, -0.15) is 11.8 Å². The lowest BCUT2D eigenvalue weighted by Crippen LogP contribution is -2.31. The largest absolute Gasteiger partial charge is 0.316 e. The molecule has 1 saturated heterocycles. The van der Waals surface area contributed by atoms with Crippen LogP contribution in [0.1, 0.15) is 12.8 Å². The number of nitrogens with one attached hydrogen (secondary N) is 1. The maximum absolute atomic E-state index is 3.70. The zero-order valence-electron chi connectivity index (χ0n) is 6.31. The molecule has 0 aromatic heterocycles. The molecule has 58 valence electrons. The van der Waals surface area contributed by atoms with E-state index in [-0.39, 0.29) is 0 Å². The van der Waals surface area contributed by atoms with Gasteiger partial charge in [-0.25, -0.2) is 0 Å². The van der Waals surface area contributed by atoms with Crippen LogP contribution in [0.25, 0.3) is 0 Å². The van der Waals surface area contributed by atoms with E-state index in [0.29, 0.717) is 0 Å². The molecule has 0 aromatic carbocycles. The van der Waals surface area contributed by atoms with E-state index in [4.69, 9.17) is 0 Å². The zero-order chi connectivity index (χ0) is 7.23. The topological polar surface area (TPSA) is 12.0 Å². The average Bonchev–Trinajstić information content (AvgIpc) is 2.03. The highest BCUT2D eigenvalue weighted by atomic mass is 32.2. The fraction of sp³-hybridized carbons (Fsp3) is 0.750. The summed E-state index contributed by atoms with van der Waals surface area (Å²) in [7, 11) is 0. The Kier molecular flexibility index (Phi) is 3.91. The minimum Gasteiger partial charge on any atom is -0.316 e. The summed E-state index contributed by atoms with van der Waals surface area (Å²) in [4.78, 5) is 0. The van der Waals surface area contributed by atoms with Crippen LogP contribution in [0.4, 0.5) is 0 Å². The maximum Gasteiger partial charge on any atom is 0.0176 e. The molecule has 0 bridgehead atoms. The van der Waals surface area contributed by atoms with Crippen molar-refractivity contribution in [2.75, 3.05) is 18.8 Å². The zero-order valence-corrected chi connectivity index (χ0v) is 7.12. The van der Waals surface area contributed by atoms with Gasteiger partial charge in [-0.05, 0) is 19.4 Å². The lowest BCUT2D eigenvalue weighted by Gasteiger charge is -2.21. The second kappa shape index (κ2) is 4.80. The van der Waals surface area contributed by atoms with Gasteiger partial charge in [0.05, 0.1) is 0 Å². The molecule has 1 heterocycles. The minimum atomic E-state index is 0.840. The van der Waals surface area contributed by atoms with Gasteiger partial charge in [0.15, 0.2) is 0 Å². The number of rotatable bonds is 3. The fourth-order valence-corrected chi connectivity index (χ4v) is 2.14. The molecule has 1 unspecified atom stereocenters. The van der Waals surface area contributed by atoms with Crippen LogP contribution in [-0.4, -0.2) is 24.1 Å². The highest BCUT2D eigenvalue weighted by molar-refractivity contribution is 8.00. The number of hydrogen-bond acceptors (Lipinski definition) is 2. The molecule has 2 heteroatoms. The summed E-state index contributed by atoms with van der Waals surface area (Å²) in [6.07, 6.45) is 4.71. The van der Waals surface area contributed by atoms with Gasteiger partial charge in [0.25, 0.3) is 0 Å². The summed E-state index contributed by atoms with van der Waals surface area (Å²) in [5.41, 5.74) is 0. The monoisotopic (exact) mass is 157 g/mol. The average molecular weight is 157 g/mol. The molecule has 1 aliphatic heterocycles. The summed E-state index contributed by atoms with van der Waals surface area (Å²) in [5, 5.41) is 4.23. The predicted octanol–water partition coefficient (Wildman–Crippen LogP) is 1.66. The first-order valence-corrected chi connectivity index (χ1v) is 4.91. The highest BCUT2D eigenvalue weighted by Crippen LogP contribution is 2.17. The second-order valence-corrected chi connectivity index (χ2v) is 3.92. The molecule has 0 spiro atoms. The Morgan fingerprint density at radius 3 is 3.20 bits per heavy atom. The molecule has 1 atom stereocenters. The SMILES string of the molecule is C=CCSC1CCCNC1. The van der Waals surface area contributed by atoms with Crippen molar-refractivity contribution in [1.29, 1.82) is 0 Å². The Morgan fingerprint density at radius 2 is 2.60 bits per heavy atom. The third-order valence-corrected chi connectivity index (χ3v) is 3.00. The third-order valence-electron chi connectivity index (χ3n) is 1.70. The molecule has 1 N–H and O–H groups in total. The van der Waals surface area contributed by atoms with Crippen molar-refractivity contribution in [2.24, 2.45) is 0 Å². The van der Waals surface area contributed by atoms with Gasteiger partial charge in [-0.1, -0.05) is 6.08 Å². The van der Waals surface area contributed by atoms with Crippen LogP contribution in [-0.2, 0) is 0 Å². The summed E-state index contributed by atoms with van der Waals surface area (Å²) >= 11 is 2.02. The molecule has 10 heavy (non-hydrogen) atoms. The van der Waals surface area contributed by atoms with Crippen molar-refractivity contribution in [1.82, 2.24) is 5.32 Å². The Labute approximate surface area is 67.3 Å². The number of thioether (sulfide) groups is 1. The van der Waals surface area contributed by atoms with E-state index < -0.39 is 0 Å². The molecule has 1 rings (SSSR count). The molecule has 0 saturated carbocycles. The molecular formula is C8H15NS. The summed E-state index contributed by atoms with van der Waals surface area (Å²) in [6, 6.07) is 0. The van der Waals surface area contributed by atoms with Crippen molar-refractivity contribution in [3.63, 3.8) is 0 Å². The van der Waals surface area contributed by atoms with Crippen LogP contribution in [0.2, 0.25) is 0 Å². The van der Waals surface area contributed by atoms with Crippen LogP contribution < -0.4 is 5.32 Å². The van der Waals surface area contributed by atoms with Crippen molar-refractivity contribution >= 4 is 11.8 Å². The second-order valence-electron chi connectivity index (χ2n) is 2.59. The van der Waals surface area contributed by atoms with E-state index in [2.05, 4.69) is 11.9 Å². The van der Waals surface area contributed by atoms with Crippen molar-refractivity contribution in [3.05, 3.63) is 12.7 Å². The van der Waals surface area contributed by atoms with Gasteiger partial charge < -0.3 is 5.32 Å². The van der Waals surface area contributed by atoms with E-state index >= 15 is 0 Å². The molecule has 1 nitrogen and oxygen atoms in total. The summed E-state index contributed by atoms with van der Waals surface area (Å²) in [5.74, 6) is 1.10. The van der Waals surface area contributed by atoms with Gasteiger partial charge in [-0.15, -0.1) is 6.58 Å². The Balaban J connectivity index is 2.07. The van der Waals surface area contributed by atoms with E-state index in [1.165, 1.54) is 25.9 Å². The molecule has 1 fully saturated rings. The minimum absolute atomic E-state index is 0.840. The normalized spacial score (nSPS) is 26.2. The lowest BCUT2D eigenvalue weighted by atomic mass is 10.2.